The van der Waals surface area contributed by atoms with E-state index in [2.05, 4.69) is 31.1 Å². The normalized spacial score (nSPS) is 33.4. The van der Waals surface area contributed by atoms with Crippen LogP contribution in [0.15, 0.2) is 0 Å². The van der Waals surface area contributed by atoms with Gasteiger partial charge in [-0.25, -0.2) is 0 Å². The standard InChI is InChI=1S/C15H30N2/c1-4-14(5-2)17(3)11-13-10-12-8-6-7-9-15(12)16-13/h12-16H,4-11H2,1-3H3. The number of nitrogens with zero attached hydrogens (tertiary/aromatic N) is 1. The van der Waals surface area contributed by atoms with Crippen LogP contribution in [0.5, 0.6) is 0 Å². The molecule has 0 aromatic rings. The molecule has 0 spiro atoms. The highest BCUT2D eigenvalue weighted by atomic mass is 15.2. The third-order valence-electron chi connectivity index (χ3n) is 5.02. The van der Waals surface area contributed by atoms with Crippen molar-refractivity contribution < 1.29 is 0 Å². The molecule has 1 saturated carbocycles. The van der Waals surface area contributed by atoms with Crippen molar-refractivity contribution >= 4 is 0 Å². The summed E-state index contributed by atoms with van der Waals surface area (Å²) in [6.45, 7) is 5.87. The zero-order chi connectivity index (χ0) is 12.3. The average Bonchev–Trinajstić information content (AvgIpc) is 2.72. The van der Waals surface area contributed by atoms with E-state index in [1.807, 2.05) is 0 Å². The van der Waals surface area contributed by atoms with Gasteiger partial charge in [0, 0.05) is 24.7 Å². The summed E-state index contributed by atoms with van der Waals surface area (Å²) in [5, 5.41) is 3.89. The van der Waals surface area contributed by atoms with Crippen molar-refractivity contribution in [2.45, 2.75) is 76.9 Å². The SMILES string of the molecule is CCC(CC)N(C)CC1CC2CCCCC2N1. The van der Waals surface area contributed by atoms with Gasteiger partial charge in [0.1, 0.15) is 0 Å². The molecule has 2 fully saturated rings. The Morgan fingerprint density at radius 1 is 1.18 bits per heavy atom. The van der Waals surface area contributed by atoms with Crippen molar-refractivity contribution in [1.29, 1.82) is 0 Å². The van der Waals surface area contributed by atoms with Crippen LogP contribution in [0.2, 0.25) is 0 Å². The van der Waals surface area contributed by atoms with Crippen LogP contribution < -0.4 is 5.32 Å². The van der Waals surface area contributed by atoms with Gasteiger partial charge in [-0.15, -0.1) is 0 Å². The van der Waals surface area contributed by atoms with E-state index in [-0.39, 0.29) is 0 Å². The lowest BCUT2D eigenvalue weighted by Gasteiger charge is -2.29. The number of nitrogens with one attached hydrogen (secondary N) is 1. The largest absolute Gasteiger partial charge is 0.310 e. The molecule has 100 valence electrons. The summed E-state index contributed by atoms with van der Waals surface area (Å²) >= 11 is 0. The molecular formula is C15H30N2. The van der Waals surface area contributed by atoms with Crippen LogP contribution in [-0.4, -0.2) is 36.6 Å². The van der Waals surface area contributed by atoms with Crippen molar-refractivity contribution in [1.82, 2.24) is 10.2 Å². The molecule has 0 aromatic heterocycles. The van der Waals surface area contributed by atoms with Gasteiger partial charge >= 0.3 is 0 Å². The smallest absolute Gasteiger partial charge is 0.0200 e. The first-order valence-electron chi connectivity index (χ1n) is 7.70. The highest BCUT2D eigenvalue weighted by Crippen LogP contribution is 2.33. The van der Waals surface area contributed by atoms with Crippen molar-refractivity contribution in [3.63, 3.8) is 0 Å². The lowest BCUT2D eigenvalue weighted by Crippen LogP contribution is -2.42. The second kappa shape index (κ2) is 6.19. The van der Waals surface area contributed by atoms with E-state index in [0.717, 1.165) is 24.0 Å². The van der Waals surface area contributed by atoms with Crippen LogP contribution in [0.25, 0.3) is 0 Å². The topological polar surface area (TPSA) is 15.3 Å². The molecule has 0 bridgehead atoms. The number of rotatable bonds is 5. The lowest BCUT2D eigenvalue weighted by molar-refractivity contribution is 0.209. The summed E-state index contributed by atoms with van der Waals surface area (Å²) in [5.74, 6) is 0.990. The lowest BCUT2D eigenvalue weighted by atomic mass is 9.85. The maximum absolute atomic E-state index is 3.89. The minimum absolute atomic E-state index is 0.758. The van der Waals surface area contributed by atoms with Crippen molar-refractivity contribution in [3.8, 4) is 0 Å². The van der Waals surface area contributed by atoms with Crippen LogP contribution in [0, 0.1) is 5.92 Å². The van der Waals surface area contributed by atoms with Crippen LogP contribution in [0.1, 0.15) is 58.8 Å². The van der Waals surface area contributed by atoms with E-state index < -0.39 is 0 Å². The molecule has 1 aliphatic carbocycles. The molecule has 0 aromatic carbocycles. The van der Waals surface area contributed by atoms with E-state index in [4.69, 9.17) is 0 Å². The van der Waals surface area contributed by atoms with E-state index >= 15 is 0 Å². The number of likely N-dealkylation sites (N-methyl/N-ethyl adjacent to an activating group) is 1. The predicted octanol–water partition coefficient (Wildman–Crippen LogP) is 3.03. The highest BCUT2D eigenvalue weighted by molar-refractivity contribution is 4.94. The molecule has 2 rings (SSSR count). The maximum Gasteiger partial charge on any atom is 0.0200 e. The molecule has 1 heterocycles. The first-order valence-corrected chi connectivity index (χ1v) is 7.70. The average molecular weight is 238 g/mol. The summed E-state index contributed by atoms with van der Waals surface area (Å²) in [6, 6.07) is 2.39. The Bertz CT molecular complexity index is 211. The Kier molecular flexibility index (Phi) is 4.87. The van der Waals surface area contributed by atoms with Crippen LogP contribution in [0.4, 0.5) is 0 Å². The first kappa shape index (κ1) is 13.4. The molecule has 2 nitrogen and oxygen atoms in total. The third kappa shape index (κ3) is 3.23. The minimum Gasteiger partial charge on any atom is -0.310 e. The van der Waals surface area contributed by atoms with E-state index in [9.17, 15) is 0 Å². The van der Waals surface area contributed by atoms with Crippen molar-refractivity contribution in [2.75, 3.05) is 13.6 Å². The summed E-state index contributed by atoms with van der Waals surface area (Å²) in [4.78, 5) is 2.58. The number of hydrogen-bond acceptors (Lipinski definition) is 2. The summed E-state index contributed by atoms with van der Waals surface area (Å²) in [5.41, 5.74) is 0. The van der Waals surface area contributed by atoms with Crippen molar-refractivity contribution in [3.05, 3.63) is 0 Å². The Morgan fingerprint density at radius 2 is 1.88 bits per heavy atom. The monoisotopic (exact) mass is 238 g/mol. The molecule has 17 heavy (non-hydrogen) atoms. The molecular weight excluding hydrogens is 208 g/mol. The Labute approximate surface area is 107 Å². The molecule has 3 atom stereocenters. The quantitative estimate of drug-likeness (QED) is 0.792. The van der Waals surface area contributed by atoms with Gasteiger partial charge in [-0.05, 0) is 45.1 Å². The zero-order valence-electron chi connectivity index (χ0n) is 11.9. The molecule has 2 heteroatoms. The summed E-state index contributed by atoms with van der Waals surface area (Å²) < 4.78 is 0. The second-order valence-electron chi connectivity index (χ2n) is 6.16. The fourth-order valence-corrected chi connectivity index (χ4v) is 3.98. The molecule has 0 amide bonds. The fraction of sp³-hybridized carbons (Fsp3) is 1.00. The van der Waals surface area contributed by atoms with Crippen LogP contribution in [-0.2, 0) is 0 Å². The molecule has 3 unspecified atom stereocenters. The zero-order valence-corrected chi connectivity index (χ0v) is 11.9. The molecule has 2 aliphatic rings. The number of fused-ring (bicyclic) bond motifs is 1. The number of hydrogen-bond donors (Lipinski definition) is 1. The molecule has 1 N–H and O–H groups in total. The van der Waals surface area contributed by atoms with Gasteiger partial charge in [-0.1, -0.05) is 26.7 Å². The van der Waals surface area contributed by atoms with E-state index in [0.29, 0.717) is 0 Å². The van der Waals surface area contributed by atoms with Gasteiger partial charge in [0.05, 0.1) is 0 Å². The van der Waals surface area contributed by atoms with Crippen LogP contribution >= 0.6 is 0 Å². The van der Waals surface area contributed by atoms with Gasteiger partial charge in [-0.3, -0.25) is 0 Å². The Morgan fingerprint density at radius 3 is 2.53 bits per heavy atom. The highest BCUT2D eigenvalue weighted by Gasteiger charge is 2.35. The molecule has 0 radical (unpaired) electrons. The maximum atomic E-state index is 3.89. The fourth-order valence-electron chi connectivity index (χ4n) is 3.98. The van der Waals surface area contributed by atoms with Gasteiger partial charge < -0.3 is 10.2 Å². The van der Waals surface area contributed by atoms with Gasteiger partial charge in [0.2, 0.25) is 0 Å². The van der Waals surface area contributed by atoms with E-state index in [1.54, 1.807) is 0 Å². The van der Waals surface area contributed by atoms with Gasteiger partial charge in [-0.2, -0.15) is 0 Å². The Balaban J connectivity index is 1.80. The van der Waals surface area contributed by atoms with Crippen LogP contribution in [0.3, 0.4) is 0 Å². The van der Waals surface area contributed by atoms with E-state index in [1.165, 1.54) is 51.5 Å². The van der Waals surface area contributed by atoms with Gasteiger partial charge in [0.25, 0.3) is 0 Å². The third-order valence-corrected chi connectivity index (χ3v) is 5.02. The minimum atomic E-state index is 0.758. The first-order chi connectivity index (χ1) is 8.24. The van der Waals surface area contributed by atoms with Gasteiger partial charge in [0.15, 0.2) is 0 Å². The molecule has 1 aliphatic heterocycles. The Hall–Kier alpha value is -0.0800. The second-order valence-corrected chi connectivity index (χ2v) is 6.16. The van der Waals surface area contributed by atoms with Crippen molar-refractivity contribution in [2.24, 2.45) is 5.92 Å². The molecule has 1 saturated heterocycles. The summed E-state index contributed by atoms with van der Waals surface area (Å²) in [6.07, 6.45) is 9.81. The predicted molar refractivity (Wildman–Crippen MR) is 74.3 cm³/mol. The summed E-state index contributed by atoms with van der Waals surface area (Å²) in [7, 11) is 2.31.